The molecule has 9 heteroatoms. The molecule has 0 unspecified atom stereocenters. The Morgan fingerprint density at radius 1 is 1.24 bits per heavy atom. The first-order valence-electron chi connectivity index (χ1n) is 8.69. The molecule has 2 rings (SSSR count). The zero-order valence-corrected chi connectivity index (χ0v) is 18.1. The lowest BCUT2D eigenvalue weighted by atomic mass is 9.86. The molecule has 0 fully saturated rings. The fourth-order valence-electron chi connectivity index (χ4n) is 2.50. The number of hydrogen-bond donors (Lipinski definition) is 1. The highest BCUT2D eigenvalue weighted by Crippen LogP contribution is 2.33. The molecule has 0 bridgehead atoms. The van der Waals surface area contributed by atoms with Crippen molar-refractivity contribution in [2.24, 2.45) is 5.10 Å². The molecule has 0 aliphatic heterocycles. The molecule has 29 heavy (non-hydrogen) atoms. The minimum absolute atomic E-state index is 0.147. The fraction of sp³-hybridized carbons (Fsp3) is 0.300. The van der Waals surface area contributed by atoms with Crippen LogP contribution in [0.3, 0.4) is 0 Å². The average molecular weight is 464 g/mol. The maximum atomic E-state index is 12.0. The second-order valence-electron chi connectivity index (χ2n) is 7.16. The number of hydrogen-bond acceptors (Lipinski definition) is 6. The topological polar surface area (TPSA) is 103 Å². The van der Waals surface area contributed by atoms with Crippen molar-refractivity contribution in [3.8, 4) is 11.5 Å². The maximum Gasteiger partial charge on any atom is 0.311 e. The van der Waals surface area contributed by atoms with Crippen LogP contribution in [0, 0.1) is 10.1 Å². The minimum atomic E-state index is -0.548. The monoisotopic (exact) mass is 463 g/mol. The molecule has 0 atom stereocenters. The van der Waals surface area contributed by atoms with Gasteiger partial charge in [0.25, 0.3) is 5.91 Å². The number of nitrogens with one attached hydrogen (secondary N) is 1. The molecule has 2 aromatic carbocycles. The van der Waals surface area contributed by atoms with Crippen molar-refractivity contribution < 1.29 is 19.2 Å². The second kappa shape index (κ2) is 9.51. The Morgan fingerprint density at radius 2 is 1.93 bits per heavy atom. The van der Waals surface area contributed by atoms with Crippen LogP contribution in [0.25, 0.3) is 0 Å². The van der Waals surface area contributed by atoms with Gasteiger partial charge in [-0.25, -0.2) is 5.43 Å². The van der Waals surface area contributed by atoms with Gasteiger partial charge in [0, 0.05) is 21.7 Å². The molecule has 0 aromatic heterocycles. The van der Waals surface area contributed by atoms with Crippen molar-refractivity contribution in [3.63, 3.8) is 0 Å². The van der Waals surface area contributed by atoms with Gasteiger partial charge < -0.3 is 9.47 Å². The van der Waals surface area contributed by atoms with E-state index in [1.165, 1.54) is 25.5 Å². The number of ether oxygens (including phenoxy) is 2. The number of carbonyl (C=O) groups is 1. The Morgan fingerprint density at radius 3 is 2.55 bits per heavy atom. The summed E-state index contributed by atoms with van der Waals surface area (Å²) < 4.78 is 11.5. The Balaban J connectivity index is 1.99. The van der Waals surface area contributed by atoms with E-state index in [1.54, 1.807) is 12.1 Å². The molecule has 0 aliphatic carbocycles. The lowest BCUT2D eigenvalue weighted by Gasteiger charge is -2.23. The highest BCUT2D eigenvalue weighted by atomic mass is 79.9. The van der Waals surface area contributed by atoms with Crippen LogP contribution in [-0.2, 0) is 10.2 Å². The summed E-state index contributed by atoms with van der Waals surface area (Å²) in [5, 5.41) is 14.9. The van der Waals surface area contributed by atoms with E-state index in [0.717, 1.165) is 10.0 Å². The van der Waals surface area contributed by atoms with Crippen LogP contribution < -0.4 is 14.9 Å². The number of amides is 1. The molecule has 1 N–H and O–H groups in total. The molecule has 154 valence electrons. The van der Waals surface area contributed by atoms with Gasteiger partial charge in [0.2, 0.25) is 0 Å². The highest BCUT2D eigenvalue weighted by Gasteiger charge is 2.20. The lowest BCUT2D eigenvalue weighted by Crippen LogP contribution is -2.25. The van der Waals surface area contributed by atoms with E-state index in [2.05, 4.69) is 47.2 Å². The number of hydrazone groups is 1. The SMILES string of the molecule is COc1ccc(/C=N/NC(=O)COc2ccc(Br)cc2C(C)(C)C)cc1[N+](=O)[O-]. The first kappa shape index (κ1) is 22.4. The smallest absolute Gasteiger partial charge is 0.311 e. The summed E-state index contributed by atoms with van der Waals surface area (Å²) in [5.74, 6) is 0.311. The number of methoxy groups -OCH3 is 1. The summed E-state index contributed by atoms with van der Waals surface area (Å²) in [6.07, 6.45) is 1.31. The quantitative estimate of drug-likeness (QED) is 0.376. The zero-order chi connectivity index (χ0) is 21.6. The van der Waals surface area contributed by atoms with Gasteiger partial charge in [-0.2, -0.15) is 5.10 Å². The van der Waals surface area contributed by atoms with Crippen LogP contribution in [0.5, 0.6) is 11.5 Å². The molecule has 0 aliphatic rings. The van der Waals surface area contributed by atoms with Gasteiger partial charge in [0.1, 0.15) is 5.75 Å². The summed E-state index contributed by atoms with van der Waals surface area (Å²) in [6, 6.07) is 9.97. The molecule has 0 radical (unpaired) electrons. The molecule has 0 saturated carbocycles. The van der Waals surface area contributed by atoms with Gasteiger partial charge in [0.15, 0.2) is 12.4 Å². The van der Waals surface area contributed by atoms with Crippen LogP contribution >= 0.6 is 15.9 Å². The van der Waals surface area contributed by atoms with Crippen LogP contribution in [0.1, 0.15) is 31.9 Å². The van der Waals surface area contributed by atoms with Gasteiger partial charge >= 0.3 is 5.69 Å². The number of halogens is 1. The first-order chi connectivity index (χ1) is 13.6. The number of carbonyl (C=O) groups excluding carboxylic acids is 1. The third-order valence-electron chi connectivity index (χ3n) is 3.91. The normalized spacial score (nSPS) is 11.3. The molecule has 0 heterocycles. The number of nitro groups is 1. The molecule has 0 spiro atoms. The van der Waals surface area contributed by atoms with Crippen LogP contribution in [0.2, 0.25) is 0 Å². The summed E-state index contributed by atoms with van der Waals surface area (Å²) in [6.45, 7) is 5.95. The zero-order valence-electron chi connectivity index (χ0n) is 16.6. The second-order valence-corrected chi connectivity index (χ2v) is 8.08. The van der Waals surface area contributed by atoms with Gasteiger partial charge in [-0.15, -0.1) is 0 Å². The molecule has 8 nitrogen and oxygen atoms in total. The molecular weight excluding hydrogens is 442 g/mol. The van der Waals surface area contributed by atoms with Crippen molar-refractivity contribution in [2.75, 3.05) is 13.7 Å². The fourth-order valence-corrected chi connectivity index (χ4v) is 2.86. The lowest BCUT2D eigenvalue weighted by molar-refractivity contribution is -0.385. The molecule has 0 saturated heterocycles. The van der Waals surface area contributed by atoms with E-state index in [1.807, 2.05) is 12.1 Å². The standard InChI is InChI=1S/C20H22BrN3O5/c1-20(2,3)15-10-14(21)6-8-17(15)29-12-19(25)23-22-11-13-5-7-18(28-4)16(9-13)24(26)27/h5-11H,12H2,1-4H3,(H,23,25)/b22-11+. The van der Waals surface area contributed by atoms with E-state index in [4.69, 9.17) is 9.47 Å². The van der Waals surface area contributed by atoms with Gasteiger partial charge in [-0.05, 0) is 35.7 Å². The Labute approximate surface area is 177 Å². The van der Waals surface area contributed by atoms with Crippen LogP contribution in [0.15, 0.2) is 46.0 Å². The predicted molar refractivity (Wildman–Crippen MR) is 114 cm³/mol. The molecular formula is C20H22BrN3O5. The average Bonchev–Trinajstić information content (AvgIpc) is 2.66. The van der Waals surface area contributed by atoms with E-state index >= 15 is 0 Å². The van der Waals surface area contributed by atoms with Gasteiger partial charge in [0.05, 0.1) is 18.2 Å². The number of nitrogens with zero attached hydrogens (tertiary/aromatic N) is 2. The van der Waals surface area contributed by atoms with Crippen molar-refractivity contribution >= 4 is 33.7 Å². The Hall–Kier alpha value is -2.94. The van der Waals surface area contributed by atoms with Crippen molar-refractivity contribution in [1.82, 2.24) is 5.43 Å². The Bertz CT molecular complexity index is 938. The van der Waals surface area contributed by atoms with Crippen molar-refractivity contribution in [1.29, 1.82) is 0 Å². The summed E-state index contributed by atoms with van der Waals surface area (Å²) in [7, 11) is 1.35. The van der Waals surface area contributed by atoms with Crippen molar-refractivity contribution in [3.05, 3.63) is 62.1 Å². The van der Waals surface area contributed by atoms with E-state index in [9.17, 15) is 14.9 Å². The van der Waals surface area contributed by atoms with E-state index < -0.39 is 10.8 Å². The summed E-state index contributed by atoms with van der Waals surface area (Å²) in [5.41, 5.74) is 3.42. The summed E-state index contributed by atoms with van der Waals surface area (Å²) >= 11 is 3.44. The number of nitro benzene ring substituents is 1. The first-order valence-corrected chi connectivity index (χ1v) is 9.48. The van der Waals surface area contributed by atoms with E-state index in [0.29, 0.717) is 11.3 Å². The van der Waals surface area contributed by atoms with Crippen LogP contribution in [-0.4, -0.2) is 30.8 Å². The Kier molecular flexibility index (Phi) is 7.33. The third-order valence-corrected chi connectivity index (χ3v) is 4.40. The number of benzene rings is 2. The van der Waals surface area contributed by atoms with Crippen molar-refractivity contribution in [2.45, 2.75) is 26.2 Å². The summed E-state index contributed by atoms with van der Waals surface area (Å²) in [4.78, 5) is 22.5. The van der Waals surface area contributed by atoms with Crippen LogP contribution in [0.4, 0.5) is 5.69 Å². The van der Waals surface area contributed by atoms with Gasteiger partial charge in [-0.3, -0.25) is 14.9 Å². The largest absolute Gasteiger partial charge is 0.490 e. The predicted octanol–water partition coefficient (Wildman–Crippen LogP) is 4.19. The number of rotatable bonds is 7. The third kappa shape index (κ3) is 6.28. The molecule has 1 amide bonds. The van der Waals surface area contributed by atoms with E-state index in [-0.39, 0.29) is 23.5 Å². The van der Waals surface area contributed by atoms with Gasteiger partial charge in [-0.1, -0.05) is 36.7 Å². The molecule has 2 aromatic rings. The minimum Gasteiger partial charge on any atom is -0.490 e. The maximum absolute atomic E-state index is 12.0. The highest BCUT2D eigenvalue weighted by molar-refractivity contribution is 9.10.